The number of nitrogens with zero attached hydrogens (tertiary/aromatic N) is 2. The van der Waals surface area contributed by atoms with E-state index < -0.39 is 6.04 Å². The molecular weight excluding hydrogens is 299 g/mol. The molecule has 0 bridgehead atoms. The Morgan fingerprint density at radius 3 is 2.45 bits per heavy atom. The summed E-state index contributed by atoms with van der Waals surface area (Å²) < 4.78 is 0. The zero-order valence-electron chi connectivity index (χ0n) is 13.3. The monoisotopic (exact) mass is 322 g/mol. The van der Waals surface area contributed by atoms with Gasteiger partial charge in [-0.25, -0.2) is 0 Å². The molecule has 0 N–H and O–H groups in total. The van der Waals surface area contributed by atoms with Crippen molar-refractivity contribution in [2.45, 2.75) is 25.8 Å². The number of amides is 3. The normalized spacial score (nSPS) is 25.6. The minimum absolute atomic E-state index is 0.151. The van der Waals surface area contributed by atoms with Crippen molar-refractivity contribution < 1.29 is 14.4 Å². The minimum atomic E-state index is -0.545. The van der Waals surface area contributed by atoms with Crippen LogP contribution in [-0.2, 0) is 14.4 Å². The number of likely N-dealkylation sites (tertiary alicyclic amines) is 2. The molecule has 120 valence electrons. The Morgan fingerprint density at radius 1 is 1.27 bits per heavy atom. The van der Waals surface area contributed by atoms with E-state index in [1.165, 1.54) is 7.05 Å². The number of rotatable bonds is 2. The van der Waals surface area contributed by atoms with Gasteiger partial charge in [-0.3, -0.25) is 19.3 Å². The lowest BCUT2D eigenvalue weighted by atomic mass is 10.0. The van der Waals surface area contributed by atoms with Crippen LogP contribution in [0.4, 0.5) is 0 Å². The van der Waals surface area contributed by atoms with Crippen LogP contribution in [0.25, 0.3) is 0 Å². The second kappa shape index (κ2) is 8.04. The summed E-state index contributed by atoms with van der Waals surface area (Å²) in [5, 5.41) is 0. The molecule has 3 amide bonds. The standard InChI is InChI=1S/C15H18N2O3.CH5P/c1-4-6-10-9-17(14(19)11(10)5-2)12-7-8-13(18)16(3)15(12)20;1-2/h4-6,12H,1,7-9H2,2-3H3;2H2,1H3/b10-6-,11-5+;. The maximum Gasteiger partial charge on any atom is 0.254 e. The quantitative estimate of drug-likeness (QED) is 0.440. The number of hydrogen-bond acceptors (Lipinski definition) is 3. The fraction of sp³-hybridized carbons (Fsp3) is 0.438. The molecule has 22 heavy (non-hydrogen) atoms. The average Bonchev–Trinajstić information content (AvgIpc) is 2.83. The first-order chi connectivity index (χ1) is 10.5. The Morgan fingerprint density at radius 2 is 1.91 bits per heavy atom. The van der Waals surface area contributed by atoms with Crippen molar-refractivity contribution in [1.82, 2.24) is 9.80 Å². The van der Waals surface area contributed by atoms with Crippen molar-refractivity contribution in [3.8, 4) is 0 Å². The van der Waals surface area contributed by atoms with Crippen molar-refractivity contribution in [2.24, 2.45) is 0 Å². The van der Waals surface area contributed by atoms with Crippen LogP contribution in [0, 0.1) is 0 Å². The molecule has 2 aliphatic rings. The molecule has 2 atom stereocenters. The van der Waals surface area contributed by atoms with Crippen LogP contribution in [0.3, 0.4) is 0 Å². The van der Waals surface area contributed by atoms with E-state index in [9.17, 15) is 14.4 Å². The molecule has 0 radical (unpaired) electrons. The molecule has 0 aromatic heterocycles. The van der Waals surface area contributed by atoms with Gasteiger partial charge >= 0.3 is 0 Å². The van der Waals surface area contributed by atoms with Crippen LogP contribution < -0.4 is 0 Å². The molecule has 2 rings (SSSR count). The smallest absolute Gasteiger partial charge is 0.254 e. The van der Waals surface area contributed by atoms with E-state index in [-0.39, 0.29) is 17.7 Å². The van der Waals surface area contributed by atoms with E-state index in [4.69, 9.17) is 0 Å². The summed E-state index contributed by atoms with van der Waals surface area (Å²) in [6.07, 6.45) is 5.86. The highest BCUT2D eigenvalue weighted by molar-refractivity contribution is 7.15. The third-order valence-corrected chi connectivity index (χ3v) is 3.78. The van der Waals surface area contributed by atoms with Gasteiger partial charge in [-0.05, 0) is 18.9 Å². The third kappa shape index (κ3) is 3.36. The molecule has 2 fully saturated rings. The van der Waals surface area contributed by atoms with Crippen LogP contribution in [0.2, 0.25) is 0 Å². The molecular formula is C16H23N2O3P. The number of carbonyl (C=O) groups is 3. The number of likely N-dealkylation sites (N-methyl/N-ethyl adjacent to an activating group) is 1. The fourth-order valence-corrected chi connectivity index (χ4v) is 2.66. The SMILES string of the molecule is C=C/C=C1/CN(C2CCC(=O)N(C)C2=O)C(=O)/C1=C/C.CP. The van der Waals surface area contributed by atoms with Gasteiger partial charge in [0.05, 0.1) is 0 Å². The molecule has 6 heteroatoms. The van der Waals surface area contributed by atoms with E-state index in [1.807, 2.05) is 6.66 Å². The van der Waals surface area contributed by atoms with Crippen LogP contribution in [-0.4, -0.2) is 53.8 Å². The largest absolute Gasteiger partial charge is 0.322 e. The summed E-state index contributed by atoms with van der Waals surface area (Å²) in [6.45, 7) is 7.75. The molecule has 0 spiro atoms. The zero-order valence-corrected chi connectivity index (χ0v) is 14.5. The number of hydrogen-bond donors (Lipinski definition) is 0. The highest BCUT2D eigenvalue weighted by Crippen LogP contribution is 2.29. The van der Waals surface area contributed by atoms with Gasteiger partial charge in [-0.1, -0.05) is 31.5 Å². The van der Waals surface area contributed by atoms with Crippen LogP contribution in [0.15, 0.2) is 36.0 Å². The van der Waals surface area contributed by atoms with Crippen LogP contribution in [0.1, 0.15) is 19.8 Å². The van der Waals surface area contributed by atoms with E-state index in [0.29, 0.717) is 25.0 Å². The van der Waals surface area contributed by atoms with Gasteiger partial charge in [0, 0.05) is 25.6 Å². The number of piperidine rings is 1. The molecule has 2 aliphatic heterocycles. The fourth-order valence-electron chi connectivity index (χ4n) is 2.66. The van der Waals surface area contributed by atoms with Crippen molar-refractivity contribution in [3.63, 3.8) is 0 Å². The predicted molar refractivity (Wildman–Crippen MR) is 90.2 cm³/mol. The Bertz CT molecular complexity index is 552. The molecule has 5 nitrogen and oxygen atoms in total. The number of allylic oxidation sites excluding steroid dienone is 3. The summed E-state index contributed by atoms with van der Waals surface area (Å²) in [7, 11) is 3.88. The molecule has 0 saturated carbocycles. The van der Waals surface area contributed by atoms with E-state index in [1.54, 1.807) is 30.1 Å². The second-order valence-electron chi connectivity index (χ2n) is 4.91. The lowest BCUT2D eigenvalue weighted by Crippen LogP contribution is -2.53. The molecule has 2 heterocycles. The van der Waals surface area contributed by atoms with E-state index in [0.717, 1.165) is 10.5 Å². The zero-order chi connectivity index (χ0) is 16.9. The lowest BCUT2D eigenvalue weighted by Gasteiger charge is -2.33. The van der Waals surface area contributed by atoms with Gasteiger partial charge in [-0.15, -0.1) is 9.24 Å². The number of imide groups is 1. The van der Waals surface area contributed by atoms with E-state index in [2.05, 4.69) is 15.8 Å². The first-order valence-corrected chi connectivity index (χ1v) is 8.34. The summed E-state index contributed by atoms with van der Waals surface area (Å²) in [6, 6.07) is -0.545. The van der Waals surface area contributed by atoms with Crippen molar-refractivity contribution in [3.05, 3.63) is 36.0 Å². The van der Waals surface area contributed by atoms with Gasteiger partial charge in [0.2, 0.25) is 5.91 Å². The second-order valence-corrected chi connectivity index (χ2v) is 4.91. The Labute approximate surface area is 133 Å². The first-order valence-electron chi connectivity index (χ1n) is 7.18. The highest BCUT2D eigenvalue weighted by atomic mass is 31.0. The summed E-state index contributed by atoms with van der Waals surface area (Å²) >= 11 is 0. The summed E-state index contributed by atoms with van der Waals surface area (Å²) in [5.41, 5.74) is 1.47. The Balaban J connectivity index is 0.00000116. The predicted octanol–water partition coefficient (Wildman–Crippen LogP) is 1.53. The van der Waals surface area contributed by atoms with Crippen LogP contribution >= 0.6 is 9.24 Å². The van der Waals surface area contributed by atoms with Gasteiger partial charge in [0.15, 0.2) is 0 Å². The van der Waals surface area contributed by atoms with Gasteiger partial charge in [0.1, 0.15) is 6.04 Å². The molecule has 0 aliphatic carbocycles. The van der Waals surface area contributed by atoms with Gasteiger partial charge in [-0.2, -0.15) is 0 Å². The Hall–Kier alpha value is -1.74. The van der Waals surface area contributed by atoms with Gasteiger partial charge < -0.3 is 4.90 Å². The maximum atomic E-state index is 12.4. The van der Waals surface area contributed by atoms with Crippen molar-refractivity contribution in [2.75, 3.05) is 20.3 Å². The van der Waals surface area contributed by atoms with Crippen molar-refractivity contribution in [1.29, 1.82) is 0 Å². The third-order valence-electron chi connectivity index (χ3n) is 3.78. The Kier molecular flexibility index (Phi) is 6.69. The highest BCUT2D eigenvalue weighted by Gasteiger charge is 2.42. The average molecular weight is 322 g/mol. The molecule has 0 aromatic carbocycles. The molecule has 2 unspecified atom stereocenters. The maximum absolute atomic E-state index is 12.4. The summed E-state index contributed by atoms with van der Waals surface area (Å²) in [5.74, 6) is -0.641. The summed E-state index contributed by atoms with van der Waals surface area (Å²) in [4.78, 5) is 38.7. The topological polar surface area (TPSA) is 57.7 Å². The first kappa shape index (κ1) is 18.3. The minimum Gasteiger partial charge on any atom is -0.322 e. The van der Waals surface area contributed by atoms with Crippen LogP contribution in [0.5, 0.6) is 0 Å². The molecule has 2 saturated heterocycles. The van der Waals surface area contributed by atoms with Gasteiger partial charge in [0.25, 0.3) is 11.8 Å². The van der Waals surface area contributed by atoms with E-state index >= 15 is 0 Å². The lowest BCUT2D eigenvalue weighted by molar-refractivity contribution is -0.153. The number of carbonyl (C=O) groups excluding carboxylic acids is 3. The van der Waals surface area contributed by atoms with Crippen molar-refractivity contribution >= 4 is 27.0 Å². The molecule has 0 aromatic rings.